The minimum Gasteiger partial charge on any atom is -0.490 e. The van der Waals surface area contributed by atoms with Gasteiger partial charge in [0, 0.05) is 0 Å². The summed E-state index contributed by atoms with van der Waals surface area (Å²) >= 11 is 0.537. The Labute approximate surface area is 174 Å². The second-order valence-electron chi connectivity index (χ2n) is 5.65. The minimum absolute atomic E-state index is 0.000542. The van der Waals surface area contributed by atoms with Crippen LogP contribution in [-0.4, -0.2) is 18.1 Å². The molecule has 30 heavy (non-hydrogen) atoms. The number of carbonyl (C=O) groups excluding carboxylic acids is 2. The zero-order valence-electron chi connectivity index (χ0n) is 15.5. The highest BCUT2D eigenvalue weighted by atomic mass is 32.2. The largest absolute Gasteiger partial charge is 0.490 e. The highest BCUT2D eigenvalue weighted by Crippen LogP contribution is 2.41. The van der Waals surface area contributed by atoms with Crippen molar-refractivity contribution < 1.29 is 32.2 Å². The van der Waals surface area contributed by atoms with Crippen molar-refractivity contribution in [3.05, 3.63) is 58.0 Å². The number of carbonyl (C=O) groups is 2. The number of hydrogen-bond acceptors (Lipinski definition) is 6. The first-order chi connectivity index (χ1) is 14.2. The average molecular weight is 436 g/mol. The first kappa shape index (κ1) is 22.8. The number of ether oxygens (including phenoxy) is 2. The number of nitrogens with zero attached hydrogens (tertiary/aromatic N) is 1. The first-order valence-corrected chi connectivity index (χ1v) is 9.19. The molecule has 2 rings (SSSR count). The van der Waals surface area contributed by atoms with E-state index >= 15 is 0 Å². The van der Waals surface area contributed by atoms with Gasteiger partial charge in [-0.05, 0) is 60.7 Å². The topological polar surface area (TPSA) is 102 Å². The molecule has 2 N–H and O–H groups in total. The third kappa shape index (κ3) is 6.02. The summed E-state index contributed by atoms with van der Waals surface area (Å²) in [5.74, 6) is -0.374. The average Bonchev–Trinajstić information content (AvgIpc) is 2.68. The summed E-state index contributed by atoms with van der Waals surface area (Å²) < 4.78 is 51.0. The van der Waals surface area contributed by atoms with Gasteiger partial charge in [-0.1, -0.05) is 6.07 Å². The van der Waals surface area contributed by atoms with Gasteiger partial charge >= 0.3 is 6.18 Å². The molecule has 0 atom stereocenters. The summed E-state index contributed by atoms with van der Waals surface area (Å²) in [6, 6.07) is 8.90. The SMILES string of the molecule is CCOc1cc(/C=C(/C=O)SC(N)=O)ccc1Oc1ccc(C#N)cc1C(F)(F)F. The fourth-order valence-corrected chi connectivity index (χ4v) is 2.84. The molecule has 0 saturated heterocycles. The van der Waals surface area contributed by atoms with E-state index in [0.717, 1.165) is 6.07 Å². The lowest BCUT2D eigenvalue weighted by molar-refractivity contribution is -0.138. The molecule has 0 fully saturated rings. The molecule has 156 valence electrons. The Balaban J connectivity index is 2.46. The maximum Gasteiger partial charge on any atom is 0.420 e. The number of alkyl halides is 3. The van der Waals surface area contributed by atoms with Crippen molar-refractivity contribution in [2.75, 3.05) is 6.61 Å². The van der Waals surface area contributed by atoms with Crippen LogP contribution in [0.5, 0.6) is 17.2 Å². The third-order valence-electron chi connectivity index (χ3n) is 3.55. The van der Waals surface area contributed by atoms with Gasteiger partial charge < -0.3 is 15.2 Å². The minimum atomic E-state index is -4.73. The van der Waals surface area contributed by atoms with E-state index in [0.29, 0.717) is 29.7 Å². The van der Waals surface area contributed by atoms with Crippen LogP contribution in [0, 0.1) is 11.3 Å². The lowest BCUT2D eigenvalue weighted by Crippen LogP contribution is -2.08. The molecule has 10 heteroatoms. The fraction of sp³-hybridized carbons (Fsp3) is 0.150. The number of amides is 1. The molecule has 0 bridgehead atoms. The van der Waals surface area contributed by atoms with Gasteiger partial charge in [-0.15, -0.1) is 0 Å². The summed E-state index contributed by atoms with van der Waals surface area (Å²) in [5.41, 5.74) is 4.23. The molecule has 0 spiro atoms. The second-order valence-corrected chi connectivity index (χ2v) is 6.73. The first-order valence-electron chi connectivity index (χ1n) is 8.38. The smallest absolute Gasteiger partial charge is 0.420 e. The van der Waals surface area contributed by atoms with Crippen molar-refractivity contribution in [3.8, 4) is 23.3 Å². The van der Waals surface area contributed by atoms with E-state index < -0.39 is 22.7 Å². The van der Waals surface area contributed by atoms with E-state index in [1.165, 1.54) is 30.3 Å². The molecule has 0 radical (unpaired) electrons. The Bertz CT molecular complexity index is 1030. The maximum atomic E-state index is 13.4. The van der Waals surface area contributed by atoms with Crippen molar-refractivity contribution >= 4 is 29.4 Å². The molecule has 0 aliphatic carbocycles. The Morgan fingerprint density at radius 1 is 1.20 bits per heavy atom. The highest BCUT2D eigenvalue weighted by Gasteiger charge is 2.35. The lowest BCUT2D eigenvalue weighted by Gasteiger charge is -2.16. The van der Waals surface area contributed by atoms with Gasteiger partial charge in [0.2, 0.25) is 0 Å². The number of primary amides is 1. The van der Waals surface area contributed by atoms with Crippen LogP contribution in [-0.2, 0) is 11.0 Å². The Kier molecular flexibility index (Phi) is 7.49. The van der Waals surface area contributed by atoms with Crippen molar-refractivity contribution in [3.63, 3.8) is 0 Å². The van der Waals surface area contributed by atoms with Gasteiger partial charge in [-0.3, -0.25) is 9.59 Å². The molecule has 0 aliphatic heterocycles. The molecule has 6 nitrogen and oxygen atoms in total. The van der Waals surface area contributed by atoms with E-state index in [2.05, 4.69) is 0 Å². The second kappa shape index (κ2) is 9.84. The van der Waals surface area contributed by atoms with E-state index in [9.17, 15) is 22.8 Å². The van der Waals surface area contributed by atoms with Crippen LogP contribution >= 0.6 is 11.8 Å². The van der Waals surface area contributed by atoms with Crippen molar-refractivity contribution in [1.82, 2.24) is 0 Å². The molecule has 2 aromatic rings. The van der Waals surface area contributed by atoms with Crippen molar-refractivity contribution in [2.45, 2.75) is 13.1 Å². The van der Waals surface area contributed by atoms with Gasteiger partial charge in [0.25, 0.3) is 5.24 Å². The Morgan fingerprint density at radius 3 is 2.47 bits per heavy atom. The van der Waals surface area contributed by atoms with Crippen LogP contribution in [0.2, 0.25) is 0 Å². The number of allylic oxidation sites excluding steroid dienone is 1. The van der Waals surface area contributed by atoms with Gasteiger partial charge in [0.15, 0.2) is 17.8 Å². The van der Waals surface area contributed by atoms with Crippen LogP contribution in [0.4, 0.5) is 18.0 Å². The number of thioether (sulfide) groups is 1. The van der Waals surface area contributed by atoms with E-state index in [1.54, 1.807) is 13.0 Å². The van der Waals surface area contributed by atoms with E-state index in [-0.39, 0.29) is 28.6 Å². The molecular formula is C20H15F3N2O4S. The quantitative estimate of drug-likeness (QED) is 0.477. The van der Waals surface area contributed by atoms with Crippen LogP contribution in [0.25, 0.3) is 6.08 Å². The van der Waals surface area contributed by atoms with Gasteiger partial charge in [-0.2, -0.15) is 18.4 Å². The molecular weight excluding hydrogens is 421 g/mol. The van der Waals surface area contributed by atoms with Gasteiger partial charge in [0.1, 0.15) is 5.75 Å². The summed E-state index contributed by atoms with van der Waals surface area (Å²) in [6.45, 7) is 1.87. The number of nitrogens with two attached hydrogens (primary N) is 1. The zero-order valence-corrected chi connectivity index (χ0v) is 16.3. The zero-order chi connectivity index (χ0) is 22.3. The molecule has 0 saturated carbocycles. The van der Waals surface area contributed by atoms with Crippen LogP contribution in [0.1, 0.15) is 23.6 Å². The van der Waals surface area contributed by atoms with Gasteiger partial charge in [0.05, 0.1) is 28.7 Å². The van der Waals surface area contributed by atoms with Crippen LogP contribution in [0.15, 0.2) is 41.3 Å². The summed E-state index contributed by atoms with van der Waals surface area (Å²) in [6.07, 6.45) is -2.91. The number of rotatable bonds is 7. The van der Waals surface area contributed by atoms with E-state index in [4.69, 9.17) is 20.5 Å². The standard InChI is InChI=1S/C20H15F3N2O4S/c1-2-28-18-9-12(7-14(11-26)30-19(25)27)3-6-17(18)29-16-5-4-13(10-24)8-15(16)20(21,22)23/h3-9,11H,2H2,1H3,(H2,25,27)/b14-7-. The van der Waals surface area contributed by atoms with Crippen molar-refractivity contribution in [2.24, 2.45) is 5.73 Å². The molecule has 1 amide bonds. The highest BCUT2D eigenvalue weighted by molar-refractivity contribution is 8.17. The normalized spacial score (nSPS) is 11.5. The predicted molar refractivity (Wildman–Crippen MR) is 105 cm³/mol. The van der Waals surface area contributed by atoms with E-state index in [1.807, 2.05) is 0 Å². The molecule has 2 aromatic carbocycles. The predicted octanol–water partition coefficient (Wildman–Crippen LogP) is 5.12. The Morgan fingerprint density at radius 2 is 1.90 bits per heavy atom. The summed E-state index contributed by atoms with van der Waals surface area (Å²) in [4.78, 5) is 22.1. The number of halogens is 3. The monoisotopic (exact) mass is 436 g/mol. The number of aldehydes is 1. The maximum absolute atomic E-state index is 13.4. The molecule has 0 unspecified atom stereocenters. The molecule has 0 heterocycles. The lowest BCUT2D eigenvalue weighted by atomic mass is 10.1. The molecule has 0 aliphatic rings. The Hall–Kier alpha value is -3.45. The molecule has 0 aromatic heterocycles. The summed E-state index contributed by atoms with van der Waals surface area (Å²) in [7, 11) is 0. The van der Waals surface area contributed by atoms with Gasteiger partial charge in [-0.25, -0.2) is 0 Å². The number of hydrogen-bond donors (Lipinski definition) is 1. The number of nitriles is 1. The third-order valence-corrected chi connectivity index (χ3v) is 4.20. The van der Waals surface area contributed by atoms with Crippen molar-refractivity contribution in [1.29, 1.82) is 5.26 Å². The van der Waals surface area contributed by atoms with Crippen LogP contribution < -0.4 is 15.2 Å². The summed E-state index contributed by atoms with van der Waals surface area (Å²) in [5, 5.41) is 8.10. The van der Waals surface area contributed by atoms with Crippen LogP contribution in [0.3, 0.4) is 0 Å². The number of benzene rings is 2. The fourth-order valence-electron chi connectivity index (χ4n) is 2.36.